The number of ether oxygens (including phenoxy) is 1. The predicted octanol–water partition coefficient (Wildman–Crippen LogP) is 6.29. The summed E-state index contributed by atoms with van der Waals surface area (Å²) in [6.07, 6.45) is 6.11. The Bertz CT molecular complexity index is 1430. The fraction of sp³-hybridized carbons (Fsp3) is 0.310. The van der Waals surface area contributed by atoms with E-state index in [1.807, 2.05) is 4.90 Å². The number of hydrogen-bond donors (Lipinski definition) is 1. The average molecular weight is 519 g/mol. The summed E-state index contributed by atoms with van der Waals surface area (Å²) >= 11 is 0. The van der Waals surface area contributed by atoms with Crippen molar-refractivity contribution in [2.75, 3.05) is 36.5 Å². The third-order valence-corrected chi connectivity index (χ3v) is 7.27. The Hall–Kier alpha value is -3.98. The molecule has 9 heteroatoms. The van der Waals surface area contributed by atoms with Crippen LogP contribution in [0, 0.1) is 11.6 Å². The number of carbonyl (C=O) groups is 1. The van der Waals surface area contributed by atoms with Crippen molar-refractivity contribution in [2.45, 2.75) is 31.7 Å². The Morgan fingerprint density at radius 3 is 2.47 bits per heavy atom. The summed E-state index contributed by atoms with van der Waals surface area (Å²) in [7, 11) is 0. The van der Waals surface area contributed by atoms with Crippen molar-refractivity contribution >= 4 is 17.3 Å². The van der Waals surface area contributed by atoms with Crippen molar-refractivity contribution in [3.05, 3.63) is 78.3 Å². The normalized spacial score (nSPS) is 16.2. The molecule has 38 heavy (non-hydrogen) atoms. The Morgan fingerprint density at radius 1 is 0.974 bits per heavy atom. The van der Waals surface area contributed by atoms with Crippen LogP contribution in [0.4, 0.5) is 20.2 Å². The smallest absolute Gasteiger partial charge is 0.291 e. The number of carbonyl (C=O) groups excluding carboxylic acids is 1. The molecule has 4 aromatic rings. The number of halogens is 2. The summed E-state index contributed by atoms with van der Waals surface area (Å²) in [6, 6.07) is 14.5. The number of anilines is 2. The van der Waals surface area contributed by atoms with Gasteiger partial charge in [0.1, 0.15) is 17.3 Å². The topological polar surface area (TPSA) is 72.5 Å². The Balaban J connectivity index is 1.26. The number of benzene rings is 2. The van der Waals surface area contributed by atoms with E-state index in [1.54, 1.807) is 42.7 Å². The van der Waals surface area contributed by atoms with Crippen molar-refractivity contribution < 1.29 is 22.7 Å². The molecule has 0 radical (unpaired) electrons. The second kappa shape index (κ2) is 10.4. The summed E-state index contributed by atoms with van der Waals surface area (Å²) in [6.45, 7) is 2.59. The van der Waals surface area contributed by atoms with Crippen LogP contribution < -0.4 is 10.2 Å². The highest BCUT2D eigenvalue weighted by Crippen LogP contribution is 2.39. The Labute approximate surface area is 219 Å². The molecule has 0 atom stereocenters. The minimum Gasteiger partial charge on any atom is -0.449 e. The highest BCUT2D eigenvalue weighted by atomic mass is 19.1. The molecule has 0 bridgehead atoms. The van der Waals surface area contributed by atoms with E-state index >= 15 is 0 Å². The number of aromatic nitrogens is 2. The zero-order valence-corrected chi connectivity index (χ0v) is 20.8. The van der Waals surface area contributed by atoms with Gasteiger partial charge in [-0.05, 0) is 67.4 Å². The van der Waals surface area contributed by atoms with Gasteiger partial charge >= 0.3 is 0 Å². The Kier molecular flexibility index (Phi) is 6.68. The first-order valence-electron chi connectivity index (χ1n) is 12.9. The summed E-state index contributed by atoms with van der Waals surface area (Å²) < 4.78 is 41.9. The molecular formula is C29H28F2N4O3. The van der Waals surface area contributed by atoms with Crippen LogP contribution in [0.15, 0.2) is 65.3 Å². The van der Waals surface area contributed by atoms with Crippen LogP contribution in [0.3, 0.4) is 0 Å². The molecule has 6 rings (SSSR count). The highest BCUT2D eigenvalue weighted by Gasteiger charge is 2.26. The van der Waals surface area contributed by atoms with Gasteiger partial charge in [0.2, 0.25) is 0 Å². The monoisotopic (exact) mass is 518 g/mol. The van der Waals surface area contributed by atoms with Crippen LogP contribution in [-0.2, 0) is 4.74 Å². The van der Waals surface area contributed by atoms with Gasteiger partial charge in [-0.25, -0.2) is 13.8 Å². The van der Waals surface area contributed by atoms with Gasteiger partial charge in [-0.1, -0.05) is 12.8 Å². The molecule has 2 aromatic carbocycles. The van der Waals surface area contributed by atoms with E-state index in [2.05, 4.69) is 14.9 Å². The summed E-state index contributed by atoms with van der Waals surface area (Å²) in [5.74, 6) is -0.868. The quantitative estimate of drug-likeness (QED) is 0.325. The molecule has 1 N–H and O–H groups in total. The van der Waals surface area contributed by atoms with Crippen molar-refractivity contribution in [3.8, 4) is 22.7 Å². The fourth-order valence-corrected chi connectivity index (χ4v) is 5.28. The molecule has 2 aliphatic rings. The molecule has 2 fully saturated rings. The molecule has 0 unspecified atom stereocenters. The number of nitrogens with zero attached hydrogens (tertiary/aromatic N) is 3. The lowest BCUT2D eigenvalue weighted by Gasteiger charge is -2.29. The van der Waals surface area contributed by atoms with Crippen LogP contribution in [0.5, 0.6) is 0 Å². The maximum absolute atomic E-state index is 14.9. The third-order valence-electron chi connectivity index (χ3n) is 7.27. The van der Waals surface area contributed by atoms with Crippen molar-refractivity contribution in [2.24, 2.45) is 0 Å². The first kappa shape index (κ1) is 24.4. The van der Waals surface area contributed by atoms with Gasteiger partial charge in [0.05, 0.1) is 30.9 Å². The van der Waals surface area contributed by atoms with E-state index in [9.17, 15) is 13.6 Å². The SMILES string of the molecule is O=C(Nc1ccc(N2CCOCC2)cc1F)c1ccc(-c2c(-c3ccc(F)cc3)ncn2C2CCCC2)o1. The van der Waals surface area contributed by atoms with Crippen LogP contribution >= 0.6 is 0 Å². The van der Waals surface area contributed by atoms with E-state index in [-0.39, 0.29) is 23.3 Å². The molecule has 2 aromatic heterocycles. The molecule has 1 amide bonds. The van der Waals surface area contributed by atoms with Gasteiger partial charge in [-0.3, -0.25) is 4.79 Å². The number of nitrogens with one attached hydrogen (secondary N) is 1. The number of amides is 1. The molecule has 1 saturated carbocycles. The Morgan fingerprint density at radius 2 is 1.74 bits per heavy atom. The average Bonchev–Trinajstić information content (AvgIpc) is 3.71. The molecule has 196 valence electrons. The summed E-state index contributed by atoms with van der Waals surface area (Å²) in [5, 5.41) is 2.62. The number of hydrogen-bond acceptors (Lipinski definition) is 5. The maximum Gasteiger partial charge on any atom is 0.291 e. The summed E-state index contributed by atoms with van der Waals surface area (Å²) in [4.78, 5) is 19.7. The van der Waals surface area contributed by atoms with Gasteiger partial charge in [-0.2, -0.15) is 0 Å². The molecule has 3 heterocycles. The molecular weight excluding hydrogens is 490 g/mol. The zero-order chi connectivity index (χ0) is 26.1. The summed E-state index contributed by atoms with van der Waals surface area (Å²) in [5.41, 5.74) is 2.97. The predicted molar refractivity (Wildman–Crippen MR) is 140 cm³/mol. The molecule has 0 spiro atoms. The lowest BCUT2D eigenvalue weighted by atomic mass is 10.1. The van der Waals surface area contributed by atoms with E-state index in [4.69, 9.17) is 9.15 Å². The molecule has 1 aliphatic carbocycles. The minimum atomic E-state index is -0.551. The zero-order valence-electron chi connectivity index (χ0n) is 20.8. The number of furan rings is 1. The minimum absolute atomic E-state index is 0.0564. The van der Waals surface area contributed by atoms with Gasteiger partial charge in [0.15, 0.2) is 11.5 Å². The molecule has 7 nitrogen and oxygen atoms in total. The van der Waals surface area contributed by atoms with Crippen LogP contribution in [0.2, 0.25) is 0 Å². The van der Waals surface area contributed by atoms with Crippen molar-refractivity contribution in [3.63, 3.8) is 0 Å². The number of rotatable bonds is 6. The third kappa shape index (κ3) is 4.81. The fourth-order valence-electron chi connectivity index (χ4n) is 5.28. The van der Waals surface area contributed by atoms with E-state index in [0.717, 1.165) is 42.6 Å². The standard InChI is InChI=1S/C29H28F2N4O3/c30-20-7-5-19(6-8-20)27-28(35(18-32-27)21-3-1-2-4-21)25-11-12-26(38-25)29(36)33-24-10-9-22(17-23(24)31)34-13-15-37-16-14-34/h5-12,17-18,21H,1-4,13-16H2,(H,33,36). The van der Waals surface area contributed by atoms with E-state index < -0.39 is 11.7 Å². The van der Waals surface area contributed by atoms with E-state index in [0.29, 0.717) is 37.8 Å². The molecule has 1 saturated heterocycles. The lowest BCUT2D eigenvalue weighted by molar-refractivity contribution is 0.0997. The van der Waals surface area contributed by atoms with Gasteiger partial charge < -0.3 is 23.9 Å². The second-order valence-corrected chi connectivity index (χ2v) is 9.68. The first-order chi connectivity index (χ1) is 18.6. The lowest BCUT2D eigenvalue weighted by Crippen LogP contribution is -2.36. The highest BCUT2D eigenvalue weighted by molar-refractivity contribution is 6.02. The largest absolute Gasteiger partial charge is 0.449 e. The number of morpholine rings is 1. The first-order valence-corrected chi connectivity index (χ1v) is 12.9. The molecule has 1 aliphatic heterocycles. The van der Waals surface area contributed by atoms with Crippen LogP contribution in [-0.4, -0.2) is 41.8 Å². The second-order valence-electron chi connectivity index (χ2n) is 9.68. The van der Waals surface area contributed by atoms with Gasteiger partial charge in [0, 0.05) is 30.4 Å². The van der Waals surface area contributed by atoms with E-state index in [1.165, 1.54) is 18.2 Å². The maximum atomic E-state index is 14.9. The number of imidazole rings is 1. The van der Waals surface area contributed by atoms with Crippen LogP contribution in [0.1, 0.15) is 42.3 Å². The van der Waals surface area contributed by atoms with Gasteiger partial charge in [0.25, 0.3) is 5.91 Å². The van der Waals surface area contributed by atoms with Gasteiger partial charge in [-0.15, -0.1) is 0 Å². The van der Waals surface area contributed by atoms with Crippen molar-refractivity contribution in [1.82, 2.24) is 9.55 Å². The van der Waals surface area contributed by atoms with Crippen molar-refractivity contribution in [1.29, 1.82) is 0 Å². The van der Waals surface area contributed by atoms with Crippen LogP contribution in [0.25, 0.3) is 22.7 Å².